The van der Waals surface area contributed by atoms with Gasteiger partial charge in [-0.15, -0.1) is 11.3 Å². The van der Waals surface area contributed by atoms with E-state index < -0.39 is 0 Å². The van der Waals surface area contributed by atoms with Crippen molar-refractivity contribution in [3.8, 4) is 0 Å². The molecule has 0 radical (unpaired) electrons. The van der Waals surface area contributed by atoms with E-state index in [2.05, 4.69) is 15.9 Å². The van der Waals surface area contributed by atoms with Gasteiger partial charge in [0.1, 0.15) is 0 Å². The number of carbonyl (C=O) groups is 1. The summed E-state index contributed by atoms with van der Waals surface area (Å²) in [7, 11) is 1.91. The fraction of sp³-hybridized carbons (Fsp3) is 0.500. The summed E-state index contributed by atoms with van der Waals surface area (Å²) in [5.41, 5.74) is 0. The smallest absolute Gasteiger partial charge is 0.320 e. The van der Waals surface area contributed by atoms with Crippen LogP contribution in [-0.2, 0) is 16.1 Å². The summed E-state index contributed by atoms with van der Waals surface area (Å²) < 4.78 is 5.97. The maximum atomic E-state index is 11.2. The number of carbonyl (C=O) groups excluding carboxylic acids is 1. The number of hydrogen-bond acceptors (Lipinski definition) is 4. The van der Waals surface area contributed by atoms with Crippen LogP contribution < -0.4 is 0 Å². The molecule has 0 aliphatic rings. The molecule has 0 fully saturated rings. The predicted molar refractivity (Wildman–Crippen MR) is 65.0 cm³/mol. The zero-order chi connectivity index (χ0) is 11.3. The number of likely N-dealkylation sites (N-methyl/N-ethyl adjacent to an activating group) is 1. The lowest BCUT2D eigenvalue weighted by Crippen LogP contribution is -2.26. The van der Waals surface area contributed by atoms with Crippen molar-refractivity contribution in [2.24, 2.45) is 0 Å². The van der Waals surface area contributed by atoms with Crippen molar-refractivity contribution in [1.82, 2.24) is 4.90 Å². The highest BCUT2D eigenvalue weighted by molar-refractivity contribution is 9.10. The van der Waals surface area contributed by atoms with Crippen molar-refractivity contribution < 1.29 is 9.53 Å². The van der Waals surface area contributed by atoms with E-state index in [1.807, 2.05) is 30.3 Å². The Hall–Kier alpha value is -0.390. The molecule has 0 unspecified atom stereocenters. The summed E-state index contributed by atoms with van der Waals surface area (Å²) in [4.78, 5) is 14.4. The zero-order valence-corrected chi connectivity index (χ0v) is 11.2. The van der Waals surface area contributed by atoms with E-state index in [1.165, 1.54) is 4.88 Å². The first-order valence-electron chi connectivity index (χ1n) is 4.69. The molecule has 3 nitrogen and oxygen atoms in total. The van der Waals surface area contributed by atoms with Gasteiger partial charge in [-0.3, -0.25) is 9.69 Å². The molecule has 0 bridgehead atoms. The zero-order valence-electron chi connectivity index (χ0n) is 8.83. The van der Waals surface area contributed by atoms with Crippen LogP contribution in [0.1, 0.15) is 11.8 Å². The molecule has 0 aliphatic heterocycles. The van der Waals surface area contributed by atoms with Crippen molar-refractivity contribution in [3.63, 3.8) is 0 Å². The minimum atomic E-state index is -0.173. The number of hydrogen-bond donors (Lipinski definition) is 0. The summed E-state index contributed by atoms with van der Waals surface area (Å²) >= 11 is 5.14. The van der Waals surface area contributed by atoms with Crippen LogP contribution >= 0.6 is 27.3 Å². The third-order valence-corrected chi connectivity index (χ3v) is 3.72. The molecule has 0 saturated heterocycles. The van der Waals surface area contributed by atoms with Crippen LogP contribution in [0.15, 0.2) is 15.9 Å². The van der Waals surface area contributed by atoms with E-state index in [9.17, 15) is 4.79 Å². The fourth-order valence-electron chi connectivity index (χ4n) is 1.17. The molecule has 0 N–H and O–H groups in total. The van der Waals surface area contributed by atoms with Gasteiger partial charge in [0.15, 0.2) is 0 Å². The SMILES string of the molecule is CCOC(=O)CN(C)Cc1sccc1Br. The summed E-state index contributed by atoms with van der Waals surface area (Å²) in [5.74, 6) is -0.173. The third-order valence-electron chi connectivity index (χ3n) is 1.81. The monoisotopic (exact) mass is 291 g/mol. The van der Waals surface area contributed by atoms with Gasteiger partial charge in [0.2, 0.25) is 0 Å². The van der Waals surface area contributed by atoms with Gasteiger partial charge < -0.3 is 4.74 Å². The van der Waals surface area contributed by atoms with Gasteiger partial charge in [-0.05, 0) is 41.3 Å². The van der Waals surface area contributed by atoms with Gasteiger partial charge in [0.05, 0.1) is 13.2 Å². The molecule has 1 heterocycles. The standard InChI is InChI=1S/C10H14BrNO2S/c1-3-14-10(13)7-12(2)6-9-8(11)4-5-15-9/h4-5H,3,6-7H2,1-2H3. The maximum absolute atomic E-state index is 11.2. The first kappa shape index (κ1) is 12.7. The first-order chi connectivity index (χ1) is 7.13. The molecule has 5 heteroatoms. The van der Waals surface area contributed by atoms with Gasteiger partial charge in [0, 0.05) is 15.9 Å². The van der Waals surface area contributed by atoms with E-state index in [0.717, 1.165) is 11.0 Å². The van der Waals surface area contributed by atoms with Gasteiger partial charge in [-0.25, -0.2) is 0 Å². The third kappa shape index (κ3) is 4.32. The van der Waals surface area contributed by atoms with Crippen molar-refractivity contribution in [2.75, 3.05) is 20.2 Å². The lowest BCUT2D eigenvalue weighted by Gasteiger charge is -2.14. The molecule has 0 spiro atoms. The summed E-state index contributed by atoms with van der Waals surface area (Å²) in [5, 5.41) is 2.03. The van der Waals surface area contributed by atoms with Gasteiger partial charge >= 0.3 is 5.97 Å². The Morgan fingerprint density at radius 1 is 1.67 bits per heavy atom. The molecule has 0 saturated carbocycles. The molecular formula is C10H14BrNO2S. The Morgan fingerprint density at radius 2 is 2.40 bits per heavy atom. The molecule has 1 aromatic rings. The van der Waals surface area contributed by atoms with Crippen LogP contribution in [0.5, 0.6) is 0 Å². The Kier molecular flexibility index (Phi) is 5.28. The topological polar surface area (TPSA) is 29.5 Å². The number of rotatable bonds is 5. The van der Waals surface area contributed by atoms with Crippen LogP contribution in [0.2, 0.25) is 0 Å². The minimum absolute atomic E-state index is 0.173. The van der Waals surface area contributed by atoms with Crippen molar-refractivity contribution in [3.05, 3.63) is 20.8 Å². The highest BCUT2D eigenvalue weighted by atomic mass is 79.9. The average Bonchev–Trinajstić information content (AvgIpc) is 2.52. The molecule has 1 aromatic heterocycles. The molecular weight excluding hydrogens is 278 g/mol. The number of thiophene rings is 1. The predicted octanol–water partition coefficient (Wildman–Crippen LogP) is 2.51. The van der Waals surface area contributed by atoms with E-state index in [4.69, 9.17) is 4.74 Å². The minimum Gasteiger partial charge on any atom is -0.465 e. The molecule has 0 amide bonds. The highest BCUT2D eigenvalue weighted by Crippen LogP contribution is 2.23. The molecule has 0 aliphatic carbocycles. The second-order valence-electron chi connectivity index (χ2n) is 3.17. The second kappa shape index (κ2) is 6.25. The van der Waals surface area contributed by atoms with Crippen LogP contribution in [0.4, 0.5) is 0 Å². The highest BCUT2D eigenvalue weighted by Gasteiger charge is 2.09. The number of ether oxygens (including phenoxy) is 1. The molecule has 84 valence electrons. The van der Waals surface area contributed by atoms with Gasteiger partial charge in [-0.1, -0.05) is 0 Å². The number of esters is 1. The van der Waals surface area contributed by atoms with Gasteiger partial charge in [0.25, 0.3) is 0 Å². The first-order valence-corrected chi connectivity index (χ1v) is 6.36. The van der Waals surface area contributed by atoms with Crippen molar-refractivity contribution >= 4 is 33.2 Å². The Balaban J connectivity index is 2.39. The van der Waals surface area contributed by atoms with E-state index in [-0.39, 0.29) is 5.97 Å². The molecule has 1 rings (SSSR count). The molecule has 0 atom stereocenters. The summed E-state index contributed by atoms with van der Waals surface area (Å²) in [6.45, 7) is 3.35. The van der Waals surface area contributed by atoms with E-state index in [1.54, 1.807) is 11.3 Å². The average molecular weight is 292 g/mol. The largest absolute Gasteiger partial charge is 0.465 e. The van der Waals surface area contributed by atoms with Gasteiger partial charge in [-0.2, -0.15) is 0 Å². The lowest BCUT2D eigenvalue weighted by atomic mass is 10.4. The van der Waals surface area contributed by atoms with Crippen LogP contribution in [0.25, 0.3) is 0 Å². The number of halogens is 1. The maximum Gasteiger partial charge on any atom is 0.320 e. The van der Waals surface area contributed by atoms with Crippen molar-refractivity contribution in [2.45, 2.75) is 13.5 Å². The van der Waals surface area contributed by atoms with E-state index in [0.29, 0.717) is 13.2 Å². The summed E-state index contributed by atoms with van der Waals surface area (Å²) in [6, 6.07) is 2.01. The van der Waals surface area contributed by atoms with E-state index >= 15 is 0 Å². The number of nitrogens with zero attached hydrogens (tertiary/aromatic N) is 1. The quantitative estimate of drug-likeness (QED) is 0.781. The Labute approximate surface area is 102 Å². The van der Waals surface area contributed by atoms with Crippen LogP contribution in [0, 0.1) is 0 Å². The van der Waals surface area contributed by atoms with Crippen LogP contribution in [-0.4, -0.2) is 31.1 Å². The Bertz CT molecular complexity index is 327. The van der Waals surface area contributed by atoms with Crippen LogP contribution in [0.3, 0.4) is 0 Å². The normalized spacial score (nSPS) is 10.7. The molecule has 15 heavy (non-hydrogen) atoms. The summed E-state index contributed by atoms with van der Waals surface area (Å²) in [6.07, 6.45) is 0. The Morgan fingerprint density at radius 3 is 2.93 bits per heavy atom. The van der Waals surface area contributed by atoms with Crippen molar-refractivity contribution in [1.29, 1.82) is 0 Å². The fourth-order valence-corrected chi connectivity index (χ4v) is 2.72. The molecule has 0 aromatic carbocycles. The lowest BCUT2D eigenvalue weighted by molar-refractivity contribution is -0.144. The second-order valence-corrected chi connectivity index (χ2v) is 5.02.